The van der Waals surface area contributed by atoms with Crippen molar-refractivity contribution >= 4 is 35.1 Å². The average molecular weight is 889 g/mol. The highest BCUT2D eigenvalue weighted by Gasteiger charge is 2.45. The molecule has 1 aromatic heterocycles. The molecule has 3 aromatic rings. The highest BCUT2D eigenvalue weighted by Crippen LogP contribution is 2.36. The van der Waals surface area contributed by atoms with Crippen molar-refractivity contribution in [2.45, 2.75) is 96.1 Å². The van der Waals surface area contributed by atoms with E-state index in [1.54, 1.807) is 24.3 Å². The molecule has 2 aromatic carbocycles. The molecule has 8 rings (SSSR count). The van der Waals surface area contributed by atoms with Crippen LogP contribution in [0.1, 0.15) is 70.4 Å². The molecule has 5 heterocycles. The second kappa shape index (κ2) is 19.8. The molecular formula is C49H64N10O6. The van der Waals surface area contributed by atoms with Crippen LogP contribution in [0.5, 0.6) is 5.75 Å². The van der Waals surface area contributed by atoms with Crippen molar-refractivity contribution in [3.05, 3.63) is 65.7 Å². The van der Waals surface area contributed by atoms with Crippen molar-refractivity contribution in [3.63, 3.8) is 0 Å². The number of carbonyl (C=O) groups is 4. The van der Waals surface area contributed by atoms with Crippen LogP contribution in [0, 0.1) is 23.7 Å². The minimum atomic E-state index is -0.873. The Morgan fingerprint density at radius 2 is 1.65 bits per heavy atom. The normalized spacial score (nSPS) is 24.2. The average Bonchev–Trinajstić information content (AvgIpc) is 3.72. The summed E-state index contributed by atoms with van der Waals surface area (Å²) in [6, 6.07) is 15.3. The Kier molecular flexibility index (Phi) is 13.9. The number of hydrogen-bond acceptors (Lipinski definition) is 12. The van der Waals surface area contributed by atoms with Crippen molar-refractivity contribution in [1.82, 2.24) is 40.4 Å². The molecule has 1 aliphatic carbocycles. The summed E-state index contributed by atoms with van der Waals surface area (Å²) in [6.45, 7) is 12.9. The molecule has 16 nitrogen and oxygen atoms in total. The summed E-state index contributed by atoms with van der Waals surface area (Å²) in [5, 5.41) is 39.2. The molecule has 65 heavy (non-hydrogen) atoms. The van der Waals surface area contributed by atoms with E-state index in [1.807, 2.05) is 56.0 Å². The van der Waals surface area contributed by atoms with Crippen LogP contribution in [-0.4, -0.2) is 159 Å². The first-order chi connectivity index (χ1) is 31.2. The van der Waals surface area contributed by atoms with Crippen LogP contribution < -0.4 is 20.9 Å². The van der Waals surface area contributed by atoms with Gasteiger partial charge in [0.2, 0.25) is 23.6 Å². The summed E-state index contributed by atoms with van der Waals surface area (Å²) in [6.07, 6.45) is 8.36. The first-order valence-electron chi connectivity index (χ1n) is 23.3. The molecule has 3 saturated heterocycles. The van der Waals surface area contributed by atoms with Crippen molar-refractivity contribution in [2.75, 3.05) is 75.7 Å². The Bertz CT molecular complexity index is 2240. The van der Waals surface area contributed by atoms with Crippen LogP contribution in [0.3, 0.4) is 0 Å². The van der Waals surface area contributed by atoms with Crippen LogP contribution in [0.4, 0.5) is 11.5 Å². The number of β-amino-alcohol motifs (C(OH)–C–C–N with tert-alkyl or cyclic N) is 1. The highest BCUT2D eigenvalue weighted by molar-refractivity contribution is 5.93. The molecule has 4 amide bonds. The third kappa shape index (κ3) is 10.5. The molecule has 5 N–H and O–H groups in total. The number of carbonyl (C=O) groups excluding carboxylic acids is 4. The molecule has 4 aliphatic heterocycles. The van der Waals surface area contributed by atoms with Crippen LogP contribution in [0.15, 0.2) is 54.6 Å². The van der Waals surface area contributed by atoms with Gasteiger partial charge in [-0.25, -0.2) is 0 Å². The van der Waals surface area contributed by atoms with Gasteiger partial charge in [0.25, 0.3) is 0 Å². The number of aromatic nitrogens is 2. The number of anilines is 2. The van der Waals surface area contributed by atoms with Crippen LogP contribution >= 0.6 is 0 Å². The molecule has 346 valence electrons. The lowest BCUT2D eigenvalue weighted by molar-refractivity contribution is -0.144. The molecule has 16 heteroatoms. The largest absolute Gasteiger partial charge is 0.507 e. The van der Waals surface area contributed by atoms with Gasteiger partial charge in [-0.1, -0.05) is 51.0 Å². The van der Waals surface area contributed by atoms with Crippen molar-refractivity contribution in [1.29, 1.82) is 0 Å². The molecule has 1 saturated carbocycles. The molecular weight excluding hydrogens is 825 g/mol. The third-order valence-corrected chi connectivity index (χ3v) is 14.1. The number of aromatic hydroxyl groups is 1. The van der Waals surface area contributed by atoms with E-state index in [9.17, 15) is 29.4 Å². The van der Waals surface area contributed by atoms with Gasteiger partial charge in [-0.05, 0) is 67.0 Å². The number of nitrogens with one attached hydrogen (secondary N) is 3. The van der Waals surface area contributed by atoms with E-state index in [2.05, 4.69) is 46.8 Å². The number of aliphatic hydroxyl groups excluding tert-OH is 1. The van der Waals surface area contributed by atoms with Crippen LogP contribution in [0.25, 0.3) is 11.3 Å². The van der Waals surface area contributed by atoms with Crippen LogP contribution in [0.2, 0.25) is 0 Å². The molecule has 0 radical (unpaired) electrons. The highest BCUT2D eigenvalue weighted by atomic mass is 16.3. The van der Waals surface area contributed by atoms with E-state index < -0.39 is 23.6 Å². The molecule has 0 unspecified atom stereocenters. The number of benzene rings is 2. The number of aliphatic hydroxyl groups is 1. The first kappa shape index (κ1) is 45.8. The zero-order valence-corrected chi connectivity index (χ0v) is 37.9. The smallest absolute Gasteiger partial charge is 0.246 e. The van der Waals surface area contributed by atoms with Gasteiger partial charge < -0.3 is 40.9 Å². The van der Waals surface area contributed by atoms with Gasteiger partial charge in [0.05, 0.1) is 23.5 Å². The Balaban J connectivity index is 0.764. The summed E-state index contributed by atoms with van der Waals surface area (Å²) in [5.41, 5.74) is 3.23. The quantitative estimate of drug-likeness (QED) is 0.178. The fourth-order valence-corrected chi connectivity index (χ4v) is 10.2. The molecule has 0 spiro atoms. The number of para-hydroxylation sites is 1. The first-order valence-corrected chi connectivity index (χ1v) is 23.3. The third-order valence-electron chi connectivity index (χ3n) is 14.1. The Labute approximate surface area is 382 Å². The number of phenols is 1. The summed E-state index contributed by atoms with van der Waals surface area (Å²) in [7, 11) is 0. The van der Waals surface area contributed by atoms with Crippen molar-refractivity contribution in [2.24, 2.45) is 11.3 Å². The predicted octanol–water partition coefficient (Wildman–Crippen LogP) is 2.65. The van der Waals surface area contributed by atoms with Gasteiger partial charge >= 0.3 is 0 Å². The van der Waals surface area contributed by atoms with Crippen molar-refractivity contribution in [3.8, 4) is 29.4 Å². The number of terminal acetylenes is 1. The number of amides is 4. The zero-order chi connectivity index (χ0) is 45.8. The lowest BCUT2D eigenvalue weighted by atomic mass is 9.82. The number of likely N-dealkylation sites (tertiary alicyclic amines) is 1. The predicted molar refractivity (Wildman–Crippen MR) is 247 cm³/mol. The second-order valence-corrected chi connectivity index (χ2v) is 19.4. The molecule has 0 bridgehead atoms. The summed E-state index contributed by atoms with van der Waals surface area (Å²) in [5.74, 6) is 2.59. The monoisotopic (exact) mass is 889 g/mol. The SMILES string of the molecule is C#Cc1ccc(CNC(=O)[C@@H]2C[C@@H](O)CN2C(=O)[C@@H](NC(=O)C2CCC(N3CCN(C(=O)CCN4CCN5c6cc(-c7ccccc7O)nnc6NC[C@H]5C4)CC3)CC2)C(C)(C)C)cc1. The number of phenolic OH excluding ortho intramolecular Hbond substituents is 1. The number of rotatable bonds is 11. The Morgan fingerprint density at radius 3 is 2.35 bits per heavy atom. The standard InChI is InChI=1S/C49H64N10O6/c1-5-32-10-12-33(13-11-32)28-51-47(64)41-26-37(60)31-59(41)48(65)44(49(2,3)4)52-46(63)34-14-16-35(17-15-34)56-21-23-57(24-22-56)43(62)18-19-55-20-25-58-36(30-55)29-50-45-40(58)27-39(53-54-45)38-8-6-7-9-42(38)61/h1,6-13,27,34-37,41,44,60-61H,14-26,28-31H2,2-4H3,(H,50,54)(H,51,64)(H,52,63)/t34?,35?,36-,37+,41-,44+/m0/s1. The topological polar surface area (TPSA) is 187 Å². The zero-order valence-electron chi connectivity index (χ0n) is 37.9. The fourth-order valence-electron chi connectivity index (χ4n) is 10.2. The van der Waals surface area contributed by atoms with E-state index in [1.165, 1.54) is 4.90 Å². The van der Waals surface area contributed by atoms with E-state index >= 15 is 0 Å². The Morgan fingerprint density at radius 1 is 0.908 bits per heavy atom. The molecule has 4 fully saturated rings. The number of piperazine rings is 2. The van der Waals surface area contributed by atoms with Crippen LogP contribution in [-0.2, 0) is 25.7 Å². The number of nitrogens with zero attached hydrogens (tertiary/aromatic N) is 7. The maximum absolute atomic E-state index is 14.2. The van der Waals surface area contributed by atoms with Gasteiger partial charge in [0.15, 0.2) is 5.82 Å². The van der Waals surface area contributed by atoms with Gasteiger partial charge in [0, 0.05) is 108 Å². The minimum absolute atomic E-state index is 0.0212. The minimum Gasteiger partial charge on any atom is -0.507 e. The second-order valence-electron chi connectivity index (χ2n) is 19.4. The summed E-state index contributed by atoms with van der Waals surface area (Å²) in [4.78, 5) is 65.5. The van der Waals surface area contributed by atoms with Crippen molar-refractivity contribution < 1.29 is 29.4 Å². The number of fused-ring (bicyclic) bond motifs is 3. The summed E-state index contributed by atoms with van der Waals surface area (Å²) < 4.78 is 0. The van der Waals surface area contributed by atoms with Gasteiger partial charge in [0.1, 0.15) is 17.8 Å². The van der Waals surface area contributed by atoms with E-state index in [4.69, 9.17) is 6.42 Å². The fraction of sp³-hybridized carbons (Fsp3) is 0.551. The lowest BCUT2D eigenvalue weighted by Gasteiger charge is -2.46. The van der Waals surface area contributed by atoms with Gasteiger partial charge in [-0.3, -0.25) is 29.0 Å². The molecule has 4 atom stereocenters. The molecule has 5 aliphatic rings. The lowest BCUT2D eigenvalue weighted by Crippen LogP contribution is -2.59. The van der Waals surface area contributed by atoms with E-state index in [0.29, 0.717) is 56.2 Å². The number of hydrogen-bond donors (Lipinski definition) is 5. The maximum atomic E-state index is 14.2. The van der Waals surface area contributed by atoms with Gasteiger partial charge in [-0.15, -0.1) is 16.6 Å². The summed E-state index contributed by atoms with van der Waals surface area (Å²) >= 11 is 0. The van der Waals surface area contributed by atoms with E-state index in [0.717, 1.165) is 74.7 Å². The Hall–Kier alpha value is -5.76. The maximum Gasteiger partial charge on any atom is 0.246 e. The van der Waals surface area contributed by atoms with Gasteiger partial charge in [-0.2, -0.15) is 0 Å². The van der Waals surface area contributed by atoms with E-state index in [-0.39, 0.29) is 60.8 Å².